The second kappa shape index (κ2) is 4.48. The minimum Gasteiger partial charge on any atom is -0.463 e. The molecule has 6 heteroatoms. The van der Waals surface area contributed by atoms with Gasteiger partial charge in [-0.05, 0) is 12.1 Å². The highest BCUT2D eigenvalue weighted by Gasteiger charge is 2.04. The third-order valence-corrected chi connectivity index (χ3v) is 2.30. The highest BCUT2D eigenvalue weighted by molar-refractivity contribution is 7.18. The van der Waals surface area contributed by atoms with Crippen LogP contribution >= 0.6 is 11.3 Å². The van der Waals surface area contributed by atoms with Gasteiger partial charge in [-0.15, -0.1) is 4.99 Å². The Kier molecular flexibility index (Phi) is 3.30. The van der Waals surface area contributed by atoms with E-state index in [-0.39, 0.29) is 5.48 Å². The molecule has 0 bridgehead atoms. The van der Waals surface area contributed by atoms with Gasteiger partial charge in [0.05, 0.1) is 17.3 Å². The lowest BCUT2D eigenvalue weighted by molar-refractivity contribution is 0.565. The van der Waals surface area contributed by atoms with Crippen molar-refractivity contribution < 1.29 is 14.7 Å². The van der Waals surface area contributed by atoms with Crippen LogP contribution in [0.2, 0.25) is 0 Å². The van der Waals surface area contributed by atoms with Crippen molar-refractivity contribution in [2.75, 3.05) is 0 Å². The zero-order valence-corrected chi connectivity index (χ0v) is 7.75. The number of rotatable bonds is 2. The molecule has 0 saturated heterocycles. The number of nitrogens with zero attached hydrogens (tertiary/aromatic N) is 2. The standard InChI is InChI=1S/C8H4N2O2S.H2O/c11-5-10-8-9-4-7(13-8)6-2-1-3-12-6;/h1-4H;1H2. The molecule has 0 aromatic carbocycles. The summed E-state index contributed by atoms with van der Waals surface area (Å²) in [5.74, 6) is 0.727. The van der Waals surface area contributed by atoms with Crippen LogP contribution < -0.4 is 0 Å². The van der Waals surface area contributed by atoms with Gasteiger partial charge in [0.15, 0.2) is 0 Å². The van der Waals surface area contributed by atoms with Crippen molar-refractivity contribution in [1.82, 2.24) is 4.98 Å². The molecule has 0 radical (unpaired) electrons. The molecule has 0 aliphatic heterocycles. The Hall–Kier alpha value is -1.75. The summed E-state index contributed by atoms with van der Waals surface area (Å²) in [7, 11) is 0. The summed E-state index contributed by atoms with van der Waals surface area (Å²) in [5, 5.41) is 0.390. The van der Waals surface area contributed by atoms with Gasteiger partial charge >= 0.3 is 0 Å². The van der Waals surface area contributed by atoms with E-state index in [0.717, 1.165) is 10.6 Å². The van der Waals surface area contributed by atoms with Crippen molar-refractivity contribution in [1.29, 1.82) is 0 Å². The van der Waals surface area contributed by atoms with E-state index in [9.17, 15) is 4.79 Å². The number of hydrogen-bond acceptors (Lipinski definition) is 5. The van der Waals surface area contributed by atoms with Crippen molar-refractivity contribution >= 4 is 22.5 Å². The first-order valence-electron chi connectivity index (χ1n) is 3.48. The van der Waals surface area contributed by atoms with Crippen LogP contribution in [0.3, 0.4) is 0 Å². The maximum Gasteiger partial charge on any atom is 0.242 e. The van der Waals surface area contributed by atoms with E-state index in [1.807, 2.05) is 6.07 Å². The number of furan rings is 1. The molecule has 2 aromatic heterocycles. The van der Waals surface area contributed by atoms with E-state index in [2.05, 4.69) is 9.98 Å². The lowest BCUT2D eigenvalue weighted by Gasteiger charge is -1.84. The minimum atomic E-state index is 0. The fourth-order valence-corrected chi connectivity index (χ4v) is 1.60. The van der Waals surface area contributed by atoms with Crippen molar-refractivity contribution in [2.24, 2.45) is 4.99 Å². The normalized spacial score (nSPS) is 8.86. The summed E-state index contributed by atoms with van der Waals surface area (Å²) in [4.78, 5) is 18.1. The quantitative estimate of drug-likeness (QED) is 0.556. The molecule has 2 heterocycles. The van der Waals surface area contributed by atoms with Crippen LogP contribution in [0, 0.1) is 0 Å². The third-order valence-electron chi connectivity index (χ3n) is 1.40. The molecule has 0 spiro atoms. The average molecular weight is 210 g/mol. The van der Waals surface area contributed by atoms with Crippen LogP contribution in [0.5, 0.6) is 0 Å². The predicted molar refractivity (Wildman–Crippen MR) is 51.2 cm³/mol. The van der Waals surface area contributed by atoms with Gasteiger partial charge in [0.25, 0.3) is 0 Å². The maximum atomic E-state index is 9.92. The Morgan fingerprint density at radius 3 is 3.07 bits per heavy atom. The van der Waals surface area contributed by atoms with Crippen LogP contribution in [0.15, 0.2) is 34.0 Å². The van der Waals surface area contributed by atoms with E-state index in [4.69, 9.17) is 4.42 Å². The van der Waals surface area contributed by atoms with Crippen LogP contribution in [-0.2, 0) is 4.79 Å². The van der Waals surface area contributed by atoms with E-state index in [1.165, 1.54) is 17.4 Å². The monoisotopic (exact) mass is 210 g/mol. The highest BCUT2D eigenvalue weighted by atomic mass is 32.1. The van der Waals surface area contributed by atoms with Crippen LogP contribution in [0.25, 0.3) is 10.6 Å². The van der Waals surface area contributed by atoms with E-state index in [0.29, 0.717) is 5.13 Å². The van der Waals surface area contributed by atoms with Gasteiger partial charge in [-0.25, -0.2) is 9.78 Å². The molecule has 0 saturated carbocycles. The van der Waals surface area contributed by atoms with Crippen molar-refractivity contribution in [3.63, 3.8) is 0 Å². The van der Waals surface area contributed by atoms with Crippen molar-refractivity contribution in [3.05, 3.63) is 24.6 Å². The largest absolute Gasteiger partial charge is 0.463 e. The van der Waals surface area contributed by atoms with Gasteiger partial charge < -0.3 is 9.89 Å². The topological polar surface area (TPSA) is 87.0 Å². The minimum absolute atomic E-state index is 0. The lowest BCUT2D eigenvalue weighted by atomic mass is 10.4. The second-order valence-electron chi connectivity index (χ2n) is 2.19. The highest BCUT2D eigenvalue weighted by Crippen LogP contribution is 2.30. The first-order valence-corrected chi connectivity index (χ1v) is 4.29. The first kappa shape index (κ1) is 10.3. The summed E-state index contributed by atoms with van der Waals surface area (Å²) >= 11 is 1.28. The van der Waals surface area contributed by atoms with Crippen molar-refractivity contribution in [3.8, 4) is 10.6 Å². The van der Waals surface area contributed by atoms with Gasteiger partial charge in [0.1, 0.15) is 5.76 Å². The Morgan fingerprint density at radius 1 is 1.57 bits per heavy atom. The Morgan fingerprint density at radius 2 is 2.43 bits per heavy atom. The van der Waals surface area contributed by atoms with Gasteiger partial charge in [-0.1, -0.05) is 11.3 Å². The molecule has 0 amide bonds. The smallest absolute Gasteiger partial charge is 0.242 e. The van der Waals surface area contributed by atoms with Crippen LogP contribution in [0.4, 0.5) is 5.13 Å². The van der Waals surface area contributed by atoms with Gasteiger partial charge in [-0.3, -0.25) is 0 Å². The molecule has 2 rings (SSSR count). The third kappa shape index (κ3) is 1.94. The molecule has 2 N–H and O–H groups in total. The lowest BCUT2D eigenvalue weighted by Crippen LogP contribution is -1.60. The molecule has 0 aliphatic rings. The maximum absolute atomic E-state index is 9.92. The Labute approximate surface area is 83.0 Å². The Bertz CT molecular complexity index is 443. The van der Waals surface area contributed by atoms with Crippen LogP contribution in [0.1, 0.15) is 0 Å². The molecule has 0 unspecified atom stereocenters. The number of aliphatic imine (C=N–C) groups is 1. The van der Waals surface area contributed by atoms with E-state index in [1.54, 1.807) is 18.5 Å². The molecule has 5 nitrogen and oxygen atoms in total. The average Bonchev–Trinajstić information content (AvgIpc) is 2.70. The fraction of sp³-hybridized carbons (Fsp3) is 0. The summed E-state index contributed by atoms with van der Waals surface area (Å²) < 4.78 is 5.14. The molecule has 72 valence electrons. The van der Waals surface area contributed by atoms with E-state index < -0.39 is 0 Å². The van der Waals surface area contributed by atoms with E-state index >= 15 is 0 Å². The summed E-state index contributed by atoms with van der Waals surface area (Å²) in [6.45, 7) is 0. The van der Waals surface area contributed by atoms with Crippen molar-refractivity contribution in [2.45, 2.75) is 0 Å². The number of isocyanates is 1. The number of carbonyl (C=O) groups excluding carboxylic acids is 1. The first-order chi connectivity index (χ1) is 6.40. The molecular weight excluding hydrogens is 204 g/mol. The summed E-state index contributed by atoms with van der Waals surface area (Å²) in [6, 6.07) is 3.61. The zero-order valence-electron chi connectivity index (χ0n) is 6.93. The van der Waals surface area contributed by atoms with Gasteiger partial charge in [-0.2, -0.15) is 0 Å². The number of aromatic nitrogens is 1. The van der Waals surface area contributed by atoms with Gasteiger partial charge in [0.2, 0.25) is 11.2 Å². The van der Waals surface area contributed by atoms with Gasteiger partial charge in [0, 0.05) is 0 Å². The van der Waals surface area contributed by atoms with Crippen LogP contribution in [-0.4, -0.2) is 16.5 Å². The molecule has 2 aromatic rings. The second-order valence-corrected chi connectivity index (χ2v) is 3.20. The fourth-order valence-electron chi connectivity index (χ4n) is 0.888. The zero-order chi connectivity index (χ0) is 9.10. The summed E-state index contributed by atoms with van der Waals surface area (Å²) in [5.41, 5.74) is 0. The molecule has 0 atom stereocenters. The molecule has 0 fully saturated rings. The number of thiazole rings is 1. The number of hydrogen-bond donors (Lipinski definition) is 0. The molecular formula is C8H6N2O3S. The SMILES string of the molecule is O.O=C=Nc1ncc(-c2ccco2)s1. The molecule has 14 heavy (non-hydrogen) atoms. The molecule has 0 aliphatic carbocycles. The Balaban J connectivity index is 0.000000980. The summed E-state index contributed by atoms with van der Waals surface area (Å²) in [6.07, 6.45) is 4.63. The predicted octanol–water partition coefficient (Wildman–Crippen LogP) is 1.55.